The van der Waals surface area contributed by atoms with Crippen LogP contribution < -0.4 is 10.2 Å². The number of halogens is 1. The molecule has 1 aromatic carbocycles. The standard InChI is InChI=1S/C16H18ClN3O/c1-3-20(4-2)14-8-9-15(18-11-14)16(21)19-13-7-5-6-12(17)10-13/h5-11H,3-4H2,1-2H3,(H,19,21). The summed E-state index contributed by atoms with van der Waals surface area (Å²) in [6.07, 6.45) is 1.72. The molecule has 0 saturated heterocycles. The Morgan fingerprint density at radius 2 is 2.00 bits per heavy atom. The van der Waals surface area contributed by atoms with Gasteiger partial charge in [-0.05, 0) is 44.2 Å². The summed E-state index contributed by atoms with van der Waals surface area (Å²) >= 11 is 5.89. The van der Waals surface area contributed by atoms with Crippen molar-refractivity contribution in [3.05, 3.63) is 53.3 Å². The number of benzene rings is 1. The van der Waals surface area contributed by atoms with Gasteiger partial charge in [0.05, 0.1) is 11.9 Å². The maximum Gasteiger partial charge on any atom is 0.274 e. The third-order valence-electron chi connectivity index (χ3n) is 3.19. The number of carbonyl (C=O) groups excluding carboxylic acids is 1. The smallest absolute Gasteiger partial charge is 0.274 e. The summed E-state index contributed by atoms with van der Waals surface area (Å²) < 4.78 is 0. The van der Waals surface area contributed by atoms with Gasteiger partial charge in [0.25, 0.3) is 5.91 Å². The topological polar surface area (TPSA) is 45.2 Å². The predicted molar refractivity (Wildman–Crippen MR) is 87.2 cm³/mol. The van der Waals surface area contributed by atoms with Gasteiger partial charge >= 0.3 is 0 Å². The van der Waals surface area contributed by atoms with Gasteiger partial charge in [-0.25, -0.2) is 4.98 Å². The number of amides is 1. The normalized spacial score (nSPS) is 10.2. The van der Waals surface area contributed by atoms with Crippen molar-refractivity contribution in [3.63, 3.8) is 0 Å². The third-order valence-corrected chi connectivity index (χ3v) is 3.43. The van der Waals surface area contributed by atoms with E-state index in [1.165, 1.54) is 0 Å². The second-order valence-corrected chi connectivity index (χ2v) is 4.97. The molecule has 0 aliphatic heterocycles. The van der Waals surface area contributed by atoms with Crippen LogP contribution in [0.5, 0.6) is 0 Å². The van der Waals surface area contributed by atoms with Gasteiger partial charge in [0.2, 0.25) is 0 Å². The van der Waals surface area contributed by atoms with Crippen molar-refractivity contribution in [2.75, 3.05) is 23.3 Å². The zero-order chi connectivity index (χ0) is 15.2. The Balaban J connectivity index is 2.09. The van der Waals surface area contributed by atoms with Gasteiger partial charge in [0.1, 0.15) is 5.69 Å². The van der Waals surface area contributed by atoms with E-state index in [0.29, 0.717) is 16.4 Å². The molecule has 1 heterocycles. The van der Waals surface area contributed by atoms with Crippen molar-refractivity contribution in [2.45, 2.75) is 13.8 Å². The lowest BCUT2D eigenvalue weighted by Crippen LogP contribution is -2.22. The molecule has 0 aliphatic rings. The van der Waals surface area contributed by atoms with Gasteiger partial charge in [-0.3, -0.25) is 4.79 Å². The van der Waals surface area contributed by atoms with E-state index in [9.17, 15) is 4.79 Å². The van der Waals surface area contributed by atoms with Crippen LogP contribution in [0, 0.1) is 0 Å². The minimum atomic E-state index is -0.247. The number of hydrogen-bond donors (Lipinski definition) is 1. The fraction of sp³-hybridized carbons (Fsp3) is 0.250. The molecule has 0 spiro atoms. The van der Waals surface area contributed by atoms with Crippen molar-refractivity contribution in [1.29, 1.82) is 0 Å². The fourth-order valence-corrected chi connectivity index (χ4v) is 2.25. The van der Waals surface area contributed by atoms with E-state index >= 15 is 0 Å². The van der Waals surface area contributed by atoms with Gasteiger partial charge in [-0.15, -0.1) is 0 Å². The lowest BCUT2D eigenvalue weighted by molar-refractivity contribution is 0.102. The lowest BCUT2D eigenvalue weighted by atomic mass is 10.2. The molecule has 21 heavy (non-hydrogen) atoms. The number of aromatic nitrogens is 1. The van der Waals surface area contributed by atoms with E-state index in [1.807, 2.05) is 6.07 Å². The third kappa shape index (κ3) is 3.95. The molecule has 0 fully saturated rings. The van der Waals surface area contributed by atoms with Gasteiger partial charge in [0, 0.05) is 23.8 Å². The van der Waals surface area contributed by atoms with Crippen LogP contribution in [0.1, 0.15) is 24.3 Å². The minimum absolute atomic E-state index is 0.247. The van der Waals surface area contributed by atoms with Crippen LogP contribution in [0.3, 0.4) is 0 Å². The summed E-state index contributed by atoms with van der Waals surface area (Å²) in [6.45, 7) is 5.99. The summed E-state index contributed by atoms with van der Waals surface area (Å²) in [5.41, 5.74) is 2.05. The first-order valence-corrected chi connectivity index (χ1v) is 7.29. The molecule has 0 atom stereocenters. The Bertz CT molecular complexity index is 609. The molecule has 4 nitrogen and oxygen atoms in total. The van der Waals surface area contributed by atoms with E-state index in [4.69, 9.17) is 11.6 Å². The first kappa shape index (κ1) is 15.3. The van der Waals surface area contributed by atoms with Crippen molar-refractivity contribution < 1.29 is 4.79 Å². The van der Waals surface area contributed by atoms with Crippen LogP contribution in [0.25, 0.3) is 0 Å². The number of anilines is 2. The summed E-state index contributed by atoms with van der Waals surface area (Å²) in [7, 11) is 0. The van der Waals surface area contributed by atoms with Crippen LogP contribution in [-0.2, 0) is 0 Å². The molecule has 2 aromatic rings. The van der Waals surface area contributed by atoms with Crippen molar-refractivity contribution in [3.8, 4) is 0 Å². The van der Waals surface area contributed by atoms with E-state index in [2.05, 4.69) is 29.0 Å². The molecular formula is C16H18ClN3O. The monoisotopic (exact) mass is 303 g/mol. The second-order valence-electron chi connectivity index (χ2n) is 4.54. The van der Waals surface area contributed by atoms with Gasteiger partial charge in [-0.1, -0.05) is 17.7 Å². The highest BCUT2D eigenvalue weighted by Crippen LogP contribution is 2.16. The second kappa shape index (κ2) is 7.09. The quantitative estimate of drug-likeness (QED) is 0.913. The number of pyridine rings is 1. The highest BCUT2D eigenvalue weighted by molar-refractivity contribution is 6.30. The van der Waals surface area contributed by atoms with Crippen LogP contribution in [0.2, 0.25) is 5.02 Å². The number of nitrogens with one attached hydrogen (secondary N) is 1. The molecule has 110 valence electrons. The van der Waals surface area contributed by atoms with Crippen LogP contribution >= 0.6 is 11.6 Å². The highest BCUT2D eigenvalue weighted by Gasteiger charge is 2.09. The molecule has 2 rings (SSSR count). The molecular weight excluding hydrogens is 286 g/mol. The number of rotatable bonds is 5. The van der Waals surface area contributed by atoms with E-state index < -0.39 is 0 Å². The first-order chi connectivity index (χ1) is 10.1. The molecule has 0 unspecified atom stereocenters. The Kier molecular flexibility index (Phi) is 5.17. The van der Waals surface area contributed by atoms with Crippen molar-refractivity contribution in [1.82, 2.24) is 4.98 Å². The summed E-state index contributed by atoms with van der Waals surface area (Å²) in [5, 5.41) is 3.36. The van der Waals surface area contributed by atoms with Crippen molar-refractivity contribution >= 4 is 28.9 Å². The maximum atomic E-state index is 12.1. The summed E-state index contributed by atoms with van der Waals surface area (Å²) in [4.78, 5) is 18.5. The maximum absolute atomic E-state index is 12.1. The zero-order valence-corrected chi connectivity index (χ0v) is 12.9. The Hall–Kier alpha value is -2.07. The SMILES string of the molecule is CCN(CC)c1ccc(C(=O)Nc2cccc(Cl)c2)nc1. The molecule has 5 heteroatoms. The lowest BCUT2D eigenvalue weighted by Gasteiger charge is -2.20. The van der Waals surface area contributed by atoms with Crippen LogP contribution in [0.15, 0.2) is 42.6 Å². The van der Waals surface area contributed by atoms with Gasteiger partial charge in [-0.2, -0.15) is 0 Å². The van der Waals surface area contributed by atoms with E-state index in [0.717, 1.165) is 18.8 Å². The minimum Gasteiger partial charge on any atom is -0.371 e. The largest absolute Gasteiger partial charge is 0.371 e. The first-order valence-electron chi connectivity index (χ1n) is 6.92. The number of nitrogens with zero attached hydrogens (tertiary/aromatic N) is 2. The van der Waals surface area contributed by atoms with Crippen molar-refractivity contribution in [2.24, 2.45) is 0 Å². The summed E-state index contributed by atoms with van der Waals surface area (Å²) in [6, 6.07) is 10.7. The number of hydrogen-bond acceptors (Lipinski definition) is 3. The predicted octanol–water partition coefficient (Wildman–Crippen LogP) is 3.83. The molecule has 1 aromatic heterocycles. The van der Waals surface area contributed by atoms with E-state index in [1.54, 1.807) is 36.5 Å². The molecule has 0 radical (unpaired) electrons. The summed E-state index contributed by atoms with van der Waals surface area (Å²) in [5.74, 6) is -0.247. The molecule has 1 amide bonds. The van der Waals surface area contributed by atoms with Gasteiger partial charge < -0.3 is 10.2 Å². The number of carbonyl (C=O) groups is 1. The Morgan fingerprint density at radius 3 is 2.57 bits per heavy atom. The van der Waals surface area contributed by atoms with Crippen LogP contribution in [0.4, 0.5) is 11.4 Å². The molecule has 0 saturated carbocycles. The van der Waals surface area contributed by atoms with Crippen LogP contribution in [-0.4, -0.2) is 24.0 Å². The Labute approximate surface area is 129 Å². The average Bonchev–Trinajstić information content (AvgIpc) is 2.49. The molecule has 1 N–H and O–H groups in total. The Morgan fingerprint density at radius 1 is 1.24 bits per heavy atom. The highest BCUT2D eigenvalue weighted by atomic mass is 35.5. The molecule has 0 bridgehead atoms. The fourth-order valence-electron chi connectivity index (χ4n) is 2.06. The zero-order valence-electron chi connectivity index (χ0n) is 12.1. The van der Waals surface area contributed by atoms with E-state index in [-0.39, 0.29) is 5.91 Å². The average molecular weight is 304 g/mol. The molecule has 0 aliphatic carbocycles. The van der Waals surface area contributed by atoms with Gasteiger partial charge in [0.15, 0.2) is 0 Å².